The topological polar surface area (TPSA) is 125 Å². The van der Waals surface area contributed by atoms with E-state index in [1.54, 1.807) is 29.0 Å². The van der Waals surface area contributed by atoms with Crippen molar-refractivity contribution in [2.45, 2.75) is 37.8 Å². The fraction of sp³-hybridized carbons (Fsp3) is 0.391. The maximum absolute atomic E-state index is 14.2. The first kappa shape index (κ1) is 23.5. The van der Waals surface area contributed by atoms with Crippen LogP contribution in [0, 0.1) is 11.3 Å². The lowest BCUT2D eigenvalue weighted by molar-refractivity contribution is -0.00177. The van der Waals surface area contributed by atoms with Crippen LogP contribution in [0.4, 0.5) is 14.5 Å². The minimum Gasteiger partial charge on any atom is -0.387 e. The molecule has 0 spiro atoms. The van der Waals surface area contributed by atoms with Crippen LogP contribution < -0.4 is 10.6 Å². The fourth-order valence-corrected chi connectivity index (χ4v) is 3.53. The number of rotatable bonds is 7. The maximum Gasteiger partial charge on any atom is 0.255 e. The molecular weight excluding hydrogens is 446 g/mol. The molecule has 3 N–H and O–H groups in total. The summed E-state index contributed by atoms with van der Waals surface area (Å²) in [5, 5.41) is 25.0. The summed E-state index contributed by atoms with van der Waals surface area (Å²) in [7, 11) is 0. The zero-order valence-electron chi connectivity index (χ0n) is 18.6. The summed E-state index contributed by atoms with van der Waals surface area (Å²) in [6.45, 7) is 2.28. The molecule has 4 rings (SSSR count). The fourth-order valence-electron chi connectivity index (χ4n) is 3.53. The number of halogens is 2. The molecule has 3 aromatic heterocycles. The molecule has 0 radical (unpaired) electrons. The highest BCUT2D eigenvalue weighted by atomic mass is 19.1. The first-order valence-corrected chi connectivity index (χ1v) is 10.7. The van der Waals surface area contributed by atoms with Crippen molar-refractivity contribution in [3.63, 3.8) is 0 Å². The van der Waals surface area contributed by atoms with Crippen molar-refractivity contribution in [1.29, 1.82) is 5.26 Å². The molecule has 1 unspecified atom stereocenters. The van der Waals surface area contributed by atoms with Crippen LogP contribution in [-0.4, -0.2) is 69.3 Å². The van der Waals surface area contributed by atoms with Crippen LogP contribution in [0.15, 0.2) is 36.8 Å². The highest BCUT2D eigenvalue weighted by molar-refractivity contribution is 5.99. The van der Waals surface area contributed by atoms with Crippen LogP contribution in [0.3, 0.4) is 0 Å². The molecule has 1 aliphatic heterocycles. The van der Waals surface area contributed by atoms with Gasteiger partial charge in [0, 0.05) is 30.0 Å². The van der Waals surface area contributed by atoms with Gasteiger partial charge in [-0.05, 0) is 26.0 Å². The Kier molecular flexibility index (Phi) is 6.45. The highest BCUT2D eigenvalue weighted by Gasteiger charge is 2.30. The number of amides is 1. The number of alkyl halides is 2. The van der Waals surface area contributed by atoms with E-state index in [0.717, 1.165) is 5.39 Å². The summed E-state index contributed by atoms with van der Waals surface area (Å²) in [6.07, 6.45) is 1.52. The van der Waals surface area contributed by atoms with Gasteiger partial charge in [0.1, 0.15) is 29.9 Å². The van der Waals surface area contributed by atoms with Crippen LogP contribution in [0.1, 0.15) is 29.8 Å². The summed E-state index contributed by atoms with van der Waals surface area (Å²) in [5.74, 6) is -0.225. The number of nitriles is 1. The molecule has 0 saturated carbocycles. The summed E-state index contributed by atoms with van der Waals surface area (Å²) in [4.78, 5) is 21.5. The Balaban J connectivity index is 1.67. The van der Waals surface area contributed by atoms with E-state index in [4.69, 9.17) is 10.00 Å². The van der Waals surface area contributed by atoms with E-state index in [1.807, 2.05) is 6.07 Å². The summed E-state index contributed by atoms with van der Waals surface area (Å²) >= 11 is 0. The zero-order valence-corrected chi connectivity index (χ0v) is 18.6. The molecule has 3 aromatic rings. The number of pyridine rings is 2. The average molecular weight is 470 g/mol. The Bertz CT molecular complexity index is 1250. The number of nitrogens with zero attached hydrogens (tertiary/aromatic N) is 4. The molecule has 0 bridgehead atoms. The molecule has 11 heteroatoms. The molecule has 34 heavy (non-hydrogen) atoms. The maximum atomic E-state index is 14.2. The standard InChI is InChI=1S/C23H24F2N6O3/c1-23(2,33)19(25)10-29-22(32)15-9-27-20(6-17(15)30-18-12-34-11-16(18)24)31-4-3-14-5-13(7-26)8-28-21(14)31/h3-6,8-9,16,18-19,33H,10-12H2,1-2H3,(H,27,30)(H,29,32)/t16-,18-,19?/m1/s1. The number of aliphatic hydroxyl groups is 1. The van der Waals surface area contributed by atoms with Crippen molar-refractivity contribution in [3.8, 4) is 11.9 Å². The molecule has 1 aliphatic rings. The number of ether oxygens (including phenoxy) is 1. The number of carbonyl (C=O) groups excluding carboxylic acids is 1. The quantitative estimate of drug-likeness (QED) is 0.484. The molecule has 178 valence electrons. The molecular formula is C23H24F2N6O3. The minimum atomic E-state index is -1.69. The molecule has 3 atom stereocenters. The van der Waals surface area contributed by atoms with Crippen LogP contribution >= 0.6 is 0 Å². The Morgan fingerprint density at radius 2 is 2.18 bits per heavy atom. The SMILES string of the molecule is CC(C)(O)C(F)CNC(=O)c1cnc(-n2ccc3cc(C#N)cnc32)cc1N[C@@H]1COC[C@H]1F. The van der Waals surface area contributed by atoms with Gasteiger partial charge in [-0.15, -0.1) is 0 Å². The predicted molar refractivity (Wildman–Crippen MR) is 120 cm³/mol. The average Bonchev–Trinajstić information content (AvgIpc) is 3.41. The lowest BCUT2D eigenvalue weighted by atomic mass is 10.0. The van der Waals surface area contributed by atoms with Crippen molar-refractivity contribution in [1.82, 2.24) is 19.9 Å². The lowest BCUT2D eigenvalue weighted by Crippen LogP contribution is -2.42. The second-order valence-electron chi connectivity index (χ2n) is 8.66. The molecule has 1 saturated heterocycles. The first-order chi connectivity index (χ1) is 16.2. The van der Waals surface area contributed by atoms with E-state index in [-0.39, 0.29) is 24.5 Å². The largest absolute Gasteiger partial charge is 0.387 e. The monoisotopic (exact) mass is 470 g/mol. The van der Waals surface area contributed by atoms with Gasteiger partial charge >= 0.3 is 0 Å². The number of aromatic nitrogens is 3. The third-order valence-corrected chi connectivity index (χ3v) is 5.60. The van der Waals surface area contributed by atoms with E-state index < -0.39 is 36.4 Å². The molecule has 1 amide bonds. The van der Waals surface area contributed by atoms with Crippen molar-refractivity contribution >= 4 is 22.6 Å². The van der Waals surface area contributed by atoms with E-state index in [2.05, 4.69) is 20.6 Å². The van der Waals surface area contributed by atoms with Gasteiger partial charge in [0.25, 0.3) is 5.91 Å². The highest BCUT2D eigenvalue weighted by Crippen LogP contribution is 2.25. The Morgan fingerprint density at radius 3 is 2.85 bits per heavy atom. The van der Waals surface area contributed by atoms with E-state index >= 15 is 0 Å². The second-order valence-corrected chi connectivity index (χ2v) is 8.66. The van der Waals surface area contributed by atoms with Crippen molar-refractivity contribution in [2.24, 2.45) is 0 Å². The Labute approximate surface area is 194 Å². The van der Waals surface area contributed by atoms with Gasteiger partial charge in [0.2, 0.25) is 0 Å². The van der Waals surface area contributed by atoms with Gasteiger partial charge in [-0.25, -0.2) is 18.7 Å². The zero-order chi connectivity index (χ0) is 24.5. The van der Waals surface area contributed by atoms with Crippen molar-refractivity contribution in [2.75, 3.05) is 25.1 Å². The smallest absolute Gasteiger partial charge is 0.255 e. The summed E-state index contributed by atoms with van der Waals surface area (Å²) in [6, 6.07) is 6.41. The van der Waals surface area contributed by atoms with Crippen LogP contribution in [0.2, 0.25) is 0 Å². The molecule has 0 aliphatic carbocycles. The molecule has 0 aromatic carbocycles. The number of nitrogens with one attached hydrogen (secondary N) is 2. The van der Waals surface area contributed by atoms with Gasteiger partial charge in [0.15, 0.2) is 0 Å². The van der Waals surface area contributed by atoms with Gasteiger partial charge in [-0.1, -0.05) is 0 Å². The van der Waals surface area contributed by atoms with E-state index in [1.165, 1.54) is 26.2 Å². The summed E-state index contributed by atoms with van der Waals surface area (Å²) < 4.78 is 35.2. The predicted octanol–water partition coefficient (Wildman–Crippen LogP) is 2.28. The van der Waals surface area contributed by atoms with Crippen LogP contribution in [0.25, 0.3) is 16.9 Å². The van der Waals surface area contributed by atoms with Crippen LogP contribution in [0.5, 0.6) is 0 Å². The Morgan fingerprint density at radius 1 is 1.38 bits per heavy atom. The second kappa shape index (κ2) is 9.32. The number of fused-ring (bicyclic) bond motifs is 1. The van der Waals surface area contributed by atoms with Crippen molar-refractivity contribution < 1.29 is 23.4 Å². The normalized spacial score (nSPS) is 19.1. The molecule has 1 fully saturated rings. The lowest BCUT2D eigenvalue weighted by Gasteiger charge is -2.23. The third kappa shape index (κ3) is 4.83. The van der Waals surface area contributed by atoms with Gasteiger partial charge < -0.3 is 20.5 Å². The molecule has 4 heterocycles. The van der Waals surface area contributed by atoms with E-state index in [0.29, 0.717) is 17.0 Å². The number of hydrogen-bond donors (Lipinski definition) is 3. The Hall–Kier alpha value is -3.62. The van der Waals surface area contributed by atoms with Crippen molar-refractivity contribution in [3.05, 3.63) is 47.9 Å². The number of anilines is 1. The molecule has 9 nitrogen and oxygen atoms in total. The van der Waals surface area contributed by atoms with Crippen LogP contribution in [-0.2, 0) is 4.74 Å². The van der Waals surface area contributed by atoms with E-state index in [9.17, 15) is 18.7 Å². The number of hydrogen-bond acceptors (Lipinski definition) is 7. The minimum absolute atomic E-state index is 0.0559. The first-order valence-electron chi connectivity index (χ1n) is 10.7. The summed E-state index contributed by atoms with van der Waals surface area (Å²) in [5.41, 5.74) is -0.281. The number of carbonyl (C=O) groups is 1. The van der Waals surface area contributed by atoms with Gasteiger partial charge in [-0.3, -0.25) is 9.36 Å². The third-order valence-electron chi connectivity index (χ3n) is 5.60. The van der Waals surface area contributed by atoms with Gasteiger partial charge in [0.05, 0.1) is 48.2 Å². The van der Waals surface area contributed by atoms with Gasteiger partial charge in [-0.2, -0.15) is 5.26 Å².